The van der Waals surface area contributed by atoms with Crippen molar-refractivity contribution in [3.63, 3.8) is 0 Å². The Balaban J connectivity index is 0.00000128. The number of nitrogens with zero attached hydrogens (tertiary/aromatic N) is 2. The van der Waals surface area contributed by atoms with E-state index in [0.29, 0.717) is 13.0 Å². The van der Waals surface area contributed by atoms with Gasteiger partial charge in [-0.2, -0.15) is 5.10 Å². The van der Waals surface area contributed by atoms with Gasteiger partial charge in [0.15, 0.2) is 0 Å². The van der Waals surface area contributed by atoms with Crippen molar-refractivity contribution in [3.05, 3.63) is 17.5 Å². The number of nitrogens with one attached hydrogen (secondary N) is 1. The van der Waals surface area contributed by atoms with Gasteiger partial charge in [0.05, 0.1) is 12.1 Å². The highest BCUT2D eigenvalue weighted by Crippen LogP contribution is 2.09. The molecule has 1 atom stereocenters. The molecule has 0 saturated carbocycles. The van der Waals surface area contributed by atoms with Gasteiger partial charge in [-0.1, -0.05) is 0 Å². The first-order chi connectivity index (χ1) is 7.15. The summed E-state index contributed by atoms with van der Waals surface area (Å²) in [6.45, 7) is 3.39. The van der Waals surface area contributed by atoms with Crippen molar-refractivity contribution in [1.29, 1.82) is 0 Å². The lowest BCUT2D eigenvalue weighted by molar-refractivity contribution is -0.129. The van der Waals surface area contributed by atoms with Crippen molar-refractivity contribution in [2.24, 2.45) is 5.73 Å². The second-order valence-corrected chi connectivity index (χ2v) is 4.11. The van der Waals surface area contributed by atoms with Crippen LogP contribution in [-0.4, -0.2) is 40.1 Å². The number of nitrogens with two attached hydrogens (primary N) is 1. The maximum Gasteiger partial charge on any atom is 0.228 e. The average molecular weight is 245 g/mol. The van der Waals surface area contributed by atoms with E-state index in [9.17, 15) is 4.79 Å². The summed E-state index contributed by atoms with van der Waals surface area (Å²) in [5.74, 6) is 0.120. The molecule has 1 aromatic heterocycles. The summed E-state index contributed by atoms with van der Waals surface area (Å²) in [5.41, 5.74) is 7.53. The van der Waals surface area contributed by atoms with Gasteiger partial charge in [0, 0.05) is 24.8 Å². The summed E-state index contributed by atoms with van der Waals surface area (Å²) >= 11 is 0. The number of likely N-dealkylation sites (tertiary alicyclic amines) is 1. The second-order valence-electron chi connectivity index (χ2n) is 4.11. The first-order valence-electron chi connectivity index (χ1n) is 5.19. The van der Waals surface area contributed by atoms with Crippen LogP contribution in [0.5, 0.6) is 0 Å². The van der Waals surface area contributed by atoms with Crippen LogP contribution in [0.15, 0.2) is 6.07 Å². The van der Waals surface area contributed by atoms with Crippen molar-refractivity contribution >= 4 is 18.3 Å². The van der Waals surface area contributed by atoms with Crippen molar-refractivity contribution in [2.45, 2.75) is 25.8 Å². The molecule has 2 heterocycles. The number of amides is 1. The quantitative estimate of drug-likeness (QED) is 0.783. The highest BCUT2D eigenvalue weighted by atomic mass is 35.5. The van der Waals surface area contributed by atoms with Crippen LogP contribution in [0.1, 0.15) is 17.8 Å². The van der Waals surface area contributed by atoms with E-state index in [4.69, 9.17) is 5.73 Å². The summed E-state index contributed by atoms with van der Waals surface area (Å²) in [6, 6.07) is 2.04. The van der Waals surface area contributed by atoms with Crippen LogP contribution >= 0.6 is 12.4 Å². The van der Waals surface area contributed by atoms with Crippen LogP contribution in [-0.2, 0) is 11.2 Å². The second kappa shape index (κ2) is 5.32. The lowest BCUT2D eigenvalue weighted by Crippen LogP contribution is -2.32. The minimum atomic E-state index is 0. The first-order valence-corrected chi connectivity index (χ1v) is 5.19. The average Bonchev–Trinajstić information content (AvgIpc) is 2.75. The van der Waals surface area contributed by atoms with Gasteiger partial charge in [-0.3, -0.25) is 9.89 Å². The smallest absolute Gasteiger partial charge is 0.228 e. The van der Waals surface area contributed by atoms with E-state index >= 15 is 0 Å². The van der Waals surface area contributed by atoms with Crippen molar-refractivity contribution in [3.8, 4) is 0 Å². The van der Waals surface area contributed by atoms with E-state index in [2.05, 4.69) is 10.2 Å². The molecule has 90 valence electrons. The molecule has 6 heteroatoms. The monoisotopic (exact) mass is 244 g/mol. The fourth-order valence-electron chi connectivity index (χ4n) is 1.85. The Hall–Kier alpha value is -1.07. The first kappa shape index (κ1) is 13.0. The Morgan fingerprint density at radius 2 is 2.50 bits per heavy atom. The largest absolute Gasteiger partial charge is 0.341 e. The van der Waals surface area contributed by atoms with E-state index in [-0.39, 0.29) is 24.4 Å². The van der Waals surface area contributed by atoms with E-state index < -0.39 is 0 Å². The van der Waals surface area contributed by atoms with Crippen LogP contribution in [0.3, 0.4) is 0 Å². The predicted molar refractivity (Wildman–Crippen MR) is 63.4 cm³/mol. The summed E-state index contributed by atoms with van der Waals surface area (Å²) in [6.07, 6.45) is 1.28. The third-order valence-corrected chi connectivity index (χ3v) is 2.67. The van der Waals surface area contributed by atoms with Gasteiger partial charge in [0.2, 0.25) is 5.91 Å². The molecule has 1 amide bonds. The SMILES string of the molecule is Cc1cc(CC(=O)N2CCC(N)C2)n[nH]1.Cl. The van der Waals surface area contributed by atoms with Gasteiger partial charge in [0.25, 0.3) is 0 Å². The predicted octanol–water partition coefficient (Wildman–Crippen LogP) is 0.242. The molecule has 1 aliphatic heterocycles. The van der Waals surface area contributed by atoms with Crippen molar-refractivity contribution < 1.29 is 4.79 Å². The van der Waals surface area contributed by atoms with E-state index in [1.165, 1.54) is 0 Å². The number of aryl methyl sites for hydroxylation is 1. The lowest BCUT2D eigenvalue weighted by Gasteiger charge is -2.14. The number of rotatable bonds is 2. The third-order valence-electron chi connectivity index (χ3n) is 2.67. The Bertz CT molecular complexity index is 365. The fourth-order valence-corrected chi connectivity index (χ4v) is 1.85. The molecule has 1 unspecified atom stereocenters. The van der Waals surface area contributed by atoms with Crippen LogP contribution < -0.4 is 5.73 Å². The zero-order valence-corrected chi connectivity index (χ0v) is 10.1. The van der Waals surface area contributed by atoms with E-state index in [1.54, 1.807) is 0 Å². The number of aromatic nitrogens is 2. The van der Waals surface area contributed by atoms with Crippen molar-refractivity contribution in [1.82, 2.24) is 15.1 Å². The molecule has 0 aromatic carbocycles. The van der Waals surface area contributed by atoms with Crippen LogP contribution in [0.4, 0.5) is 0 Å². The molecule has 0 spiro atoms. The van der Waals surface area contributed by atoms with Gasteiger partial charge in [0.1, 0.15) is 0 Å². The van der Waals surface area contributed by atoms with Crippen molar-refractivity contribution in [2.75, 3.05) is 13.1 Å². The Labute approximate surface area is 101 Å². The number of carbonyl (C=O) groups excluding carboxylic acids is 1. The van der Waals surface area contributed by atoms with Gasteiger partial charge in [-0.25, -0.2) is 0 Å². The topological polar surface area (TPSA) is 75.0 Å². The maximum atomic E-state index is 11.8. The Morgan fingerprint density at radius 1 is 1.75 bits per heavy atom. The van der Waals surface area contributed by atoms with Crippen LogP contribution in [0, 0.1) is 6.92 Å². The minimum Gasteiger partial charge on any atom is -0.341 e. The number of carbonyl (C=O) groups is 1. The van der Waals surface area contributed by atoms with Crippen LogP contribution in [0.25, 0.3) is 0 Å². The number of hydrogen-bond acceptors (Lipinski definition) is 3. The number of hydrogen-bond donors (Lipinski definition) is 2. The van der Waals surface area contributed by atoms with Crippen LogP contribution in [0.2, 0.25) is 0 Å². The van der Waals surface area contributed by atoms with Gasteiger partial charge in [-0.05, 0) is 19.4 Å². The zero-order valence-electron chi connectivity index (χ0n) is 9.27. The number of aromatic amines is 1. The molecule has 1 aliphatic rings. The summed E-state index contributed by atoms with van der Waals surface area (Å²) in [7, 11) is 0. The maximum absolute atomic E-state index is 11.8. The molecule has 16 heavy (non-hydrogen) atoms. The Morgan fingerprint density at radius 3 is 3.00 bits per heavy atom. The number of H-pyrrole nitrogens is 1. The molecular formula is C10H17ClN4O. The van der Waals surface area contributed by atoms with E-state index in [0.717, 1.165) is 24.4 Å². The highest BCUT2D eigenvalue weighted by molar-refractivity contribution is 5.85. The molecule has 1 saturated heterocycles. The molecular weight excluding hydrogens is 228 g/mol. The van der Waals surface area contributed by atoms with Gasteiger partial charge in [-0.15, -0.1) is 12.4 Å². The molecule has 5 nitrogen and oxygen atoms in total. The lowest BCUT2D eigenvalue weighted by atomic mass is 10.2. The molecule has 1 aromatic rings. The highest BCUT2D eigenvalue weighted by Gasteiger charge is 2.23. The molecule has 1 fully saturated rings. The van der Waals surface area contributed by atoms with Gasteiger partial charge >= 0.3 is 0 Å². The molecule has 3 N–H and O–H groups in total. The molecule has 0 radical (unpaired) electrons. The fraction of sp³-hybridized carbons (Fsp3) is 0.600. The third kappa shape index (κ3) is 2.96. The normalized spacial score (nSPS) is 19.6. The standard InChI is InChI=1S/C10H16N4O.ClH/c1-7-4-9(13-12-7)5-10(15)14-3-2-8(11)6-14;/h4,8H,2-3,5-6,11H2,1H3,(H,12,13);1H. The molecule has 0 aliphatic carbocycles. The summed E-state index contributed by atoms with van der Waals surface area (Å²) in [5, 5.41) is 6.87. The molecule has 2 rings (SSSR count). The summed E-state index contributed by atoms with van der Waals surface area (Å²) in [4.78, 5) is 13.6. The zero-order chi connectivity index (χ0) is 10.8. The van der Waals surface area contributed by atoms with E-state index in [1.807, 2.05) is 17.9 Å². The Kier molecular flexibility index (Phi) is 4.32. The molecule has 0 bridgehead atoms. The minimum absolute atomic E-state index is 0. The number of halogens is 1. The summed E-state index contributed by atoms with van der Waals surface area (Å²) < 4.78 is 0. The van der Waals surface area contributed by atoms with Gasteiger partial charge < -0.3 is 10.6 Å².